The number of carbonyl (C=O) groups excluding carboxylic acids is 4. The van der Waals surface area contributed by atoms with Crippen LogP contribution in [0.2, 0.25) is 0 Å². The van der Waals surface area contributed by atoms with E-state index in [0.29, 0.717) is 25.7 Å². The van der Waals surface area contributed by atoms with E-state index in [1.807, 2.05) is 0 Å². The van der Waals surface area contributed by atoms with Crippen LogP contribution in [0, 0.1) is 5.92 Å². The van der Waals surface area contributed by atoms with Gasteiger partial charge in [-0.15, -0.1) is 0 Å². The van der Waals surface area contributed by atoms with Crippen LogP contribution in [0.5, 0.6) is 0 Å². The molecule has 0 aliphatic carbocycles. The largest absolute Gasteiger partial charge is 0.472 e. The Bertz CT molecular complexity index is 1650. The van der Waals surface area contributed by atoms with Gasteiger partial charge >= 0.3 is 39.5 Å². The molecule has 0 aromatic carbocycles. The second-order valence-corrected chi connectivity index (χ2v) is 27.0. The highest BCUT2D eigenvalue weighted by Gasteiger charge is 2.30. The summed E-state index contributed by atoms with van der Waals surface area (Å²) in [6.45, 7) is 7.18. The van der Waals surface area contributed by atoms with Crippen molar-refractivity contribution in [2.75, 3.05) is 39.6 Å². The maximum Gasteiger partial charge on any atom is 0.472 e. The summed E-state index contributed by atoms with van der Waals surface area (Å²) in [6.07, 6.45) is 44.4. The van der Waals surface area contributed by atoms with E-state index in [1.165, 1.54) is 148 Å². The molecule has 19 heteroatoms. The summed E-state index contributed by atoms with van der Waals surface area (Å²) < 4.78 is 68.0. The lowest BCUT2D eigenvalue weighted by Crippen LogP contribution is -2.30. The highest BCUT2D eigenvalue weighted by Crippen LogP contribution is 2.45. The Morgan fingerprint density at radius 2 is 0.565 bits per heavy atom. The fourth-order valence-electron chi connectivity index (χ4n) is 9.90. The molecule has 0 aromatic heterocycles. The fourth-order valence-corrected chi connectivity index (χ4v) is 11.5. The number of phosphoric acid groups is 2. The van der Waals surface area contributed by atoms with Crippen LogP contribution < -0.4 is 0 Å². The van der Waals surface area contributed by atoms with Crippen LogP contribution in [0.25, 0.3) is 0 Å². The van der Waals surface area contributed by atoms with Gasteiger partial charge in [0.2, 0.25) is 0 Å². The number of ether oxygens (including phenoxy) is 4. The van der Waals surface area contributed by atoms with Crippen LogP contribution in [0.4, 0.5) is 0 Å². The van der Waals surface area contributed by atoms with Crippen molar-refractivity contribution in [2.24, 2.45) is 5.92 Å². The Morgan fingerprint density at radius 3 is 0.835 bits per heavy atom. The molecular formula is C66H128O17P2. The Kier molecular flexibility index (Phi) is 58.3. The van der Waals surface area contributed by atoms with E-state index in [-0.39, 0.29) is 25.7 Å². The van der Waals surface area contributed by atoms with Crippen LogP contribution >= 0.6 is 15.6 Å². The lowest BCUT2D eigenvalue weighted by molar-refractivity contribution is -0.161. The van der Waals surface area contributed by atoms with E-state index in [9.17, 15) is 43.2 Å². The van der Waals surface area contributed by atoms with Crippen molar-refractivity contribution in [3.05, 3.63) is 0 Å². The SMILES string of the molecule is CCCCCCCCCCCCCCCCC(=O)O[C@H](COC(=O)CCCCCCCCCCC(C)CC)COP(=O)(O)OC[C@@H](O)COP(=O)(O)OC[C@@H](COC(=O)CCCCCCCCC)OC(=O)CCCCCCCCCCCCCC. The summed E-state index contributed by atoms with van der Waals surface area (Å²) in [7, 11) is -9.89. The number of phosphoric ester groups is 2. The van der Waals surface area contributed by atoms with Gasteiger partial charge in [-0.2, -0.15) is 0 Å². The molecule has 0 heterocycles. The fraction of sp³-hybridized carbons (Fsp3) is 0.939. The minimum atomic E-state index is -4.95. The van der Waals surface area contributed by atoms with Crippen LogP contribution in [0.15, 0.2) is 0 Å². The summed E-state index contributed by atoms with van der Waals surface area (Å²) in [5.41, 5.74) is 0. The molecule has 0 saturated heterocycles. The smallest absolute Gasteiger partial charge is 0.462 e. The van der Waals surface area contributed by atoms with Crippen LogP contribution in [0.1, 0.15) is 336 Å². The maximum absolute atomic E-state index is 13.0. The number of carbonyl (C=O) groups is 4. The number of hydrogen-bond acceptors (Lipinski definition) is 15. The van der Waals surface area contributed by atoms with E-state index in [4.69, 9.17) is 37.0 Å². The number of unbranched alkanes of at least 4 members (excludes halogenated alkanes) is 37. The van der Waals surface area contributed by atoms with Crippen LogP contribution in [0.3, 0.4) is 0 Å². The van der Waals surface area contributed by atoms with Crippen LogP contribution in [-0.4, -0.2) is 96.7 Å². The third kappa shape index (κ3) is 59.5. The quantitative estimate of drug-likeness (QED) is 0.0222. The lowest BCUT2D eigenvalue weighted by atomic mass is 9.99. The summed E-state index contributed by atoms with van der Waals surface area (Å²) in [6, 6.07) is 0. The molecule has 0 fully saturated rings. The van der Waals surface area contributed by atoms with Gasteiger partial charge in [0.15, 0.2) is 12.2 Å². The molecule has 0 radical (unpaired) electrons. The van der Waals surface area contributed by atoms with Crippen molar-refractivity contribution in [3.8, 4) is 0 Å². The van der Waals surface area contributed by atoms with Crippen molar-refractivity contribution in [1.82, 2.24) is 0 Å². The van der Waals surface area contributed by atoms with E-state index >= 15 is 0 Å². The first-order chi connectivity index (χ1) is 41.1. The molecule has 0 aromatic rings. The predicted octanol–water partition coefficient (Wildman–Crippen LogP) is 18.6. The van der Waals surface area contributed by atoms with Gasteiger partial charge in [0.1, 0.15) is 19.3 Å². The van der Waals surface area contributed by atoms with Gasteiger partial charge in [-0.1, -0.05) is 285 Å². The van der Waals surface area contributed by atoms with Gasteiger partial charge in [-0.25, -0.2) is 9.13 Å². The standard InChI is InChI=1S/C66H128O17P2/c1-6-10-13-16-19-21-23-25-26-28-30-37-42-47-52-66(71)83-62(56-77-64(69)50-45-40-35-32-31-34-38-43-48-59(5)9-4)58-81-85(74,75)79-54-60(67)53-78-84(72,73)80-57-61(55-76-63(68)49-44-39-33-18-15-12-8-3)82-65(70)51-46-41-36-29-27-24-22-20-17-14-11-7-2/h59-62,67H,6-58H2,1-5H3,(H,72,73)(H,74,75)/t59?,60-,61+,62+/m0/s1. The second-order valence-electron chi connectivity index (χ2n) is 24.1. The van der Waals surface area contributed by atoms with Crippen molar-refractivity contribution < 1.29 is 80.2 Å². The number of aliphatic hydroxyl groups excluding tert-OH is 1. The highest BCUT2D eigenvalue weighted by atomic mass is 31.2. The molecular weight excluding hydrogens is 1130 g/mol. The van der Waals surface area contributed by atoms with Gasteiger partial charge in [-0.3, -0.25) is 37.3 Å². The van der Waals surface area contributed by atoms with Gasteiger partial charge < -0.3 is 33.8 Å². The number of esters is 4. The third-order valence-electron chi connectivity index (χ3n) is 15.6. The monoisotopic (exact) mass is 1250 g/mol. The zero-order chi connectivity index (χ0) is 62.8. The van der Waals surface area contributed by atoms with E-state index in [0.717, 1.165) is 109 Å². The molecule has 0 aliphatic heterocycles. The van der Waals surface area contributed by atoms with Gasteiger partial charge in [0.25, 0.3) is 0 Å². The molecule has 504 valence electrons. The average Bonchev–Trinajstić information content (AvgIpc) is 3.54. The lowest BCUT2D eigenvalue weighted by Gasteiger charge is -2.21. The molecule has 3 unspecified atom stereocenters. The molecule has 17 nitrogen and oxygen atoms in total. The normalized spacial score (nSPS) is 14.5. The molecule has 0 rings (SSSR count). The average molecular weight is 1260 g/mol. The number of aliphatic hydroxyl groups is 1. The van der Waals surface area contributed by atoms with E-state index < -0.39 is 97.5 Å². The predicted molar refractivity (Wildman–Crippen MR) is 340 cm³/mol. The highest BCUT2D eigenvalue weighted by molar-refractivity contribution is 7.47. The first-order valence-corrected chi connectivity index (χ1v) is 37.7. The van der Waals surface area contributed by atoms with Crippen molar-refractivity contribution in [2.45, 2.75) is 355 Å². The topological polar surface area (TPSA) is 237 Å². The first-order valence-electron chi connectivity index (χ1n) is 34.7. The molecule has 0 saturated carbocycles. The Morgan fingerprint density at radius 1 is 0.329 bits per heavy atom. The van der Waals surface area contributed by atoms with Crippen LogP contribution in [-0.2, 0) is 65.4 Å². The minimum absolute atomic E-state index is 0.107. The Labute approximate surface area is 517 Å². The number of hydrogen-bond donors (Lipinski definition) is 3. The molecule has 0 bridgehead atoms. The molecule has 0 spiro atoms. The van der Waals surface area contributed by atoms with Crippen molar-refractivity contribution >= 4 is 39.5 Å². The molecule has 3 N–H and O–H groups in total. The van der Waals surface area contributed by atoms with Gasteiger partial charge in [0.05, 0.1) is 26.4 Å². The molecule has 0 aliphatic rings. The summed E-state index contributed by atoms with van der Waals surface area (Å²) in [5.74, 6) is -1.35. The zero-order valence-electron chi connectivity index (χ0n) is 54.7. The summed E-state index contributed by atoms with van der Waals surface area (Å²) in [5, 5.41) is 10.5. The minimum Gasteiger partial charge on any atom is -0.462 e. The molecule has 6 atom stereocenters. The molecule has 0 amide bonds. The first kappa shape index (κ1) is 83.1. The van der Waals surface area contributed by atoms with E-state index in [1.54, 1.807) is 0 Å². The zero-order valence-corrected chi connectivity index (χ0v) is 56.5. The summed E-state index contributed by atoms with van der Waals surface area (Å²) >= 11 is 0. The maximum atomic E-state index is 13.0. The summed E-state index contributed by atoms with van der Waals surface area (Å²) in [4.78, 5) is 72.2. The Balaban J connectivity index is 5.22. The number of rotatable bonds is 66. The van der Waals surface area contributed by atoms with Gasteiger partial charge in [-0.05, 0) is 31.6 Å². The Hall–Kier alpha value is -1.94. The molecule has 85 heavy (non-hydrogen) atoms. The van der Waals surface area contributed by atoms with Crippen molar-refractivity contribution in [1.29, 1.82) is 0 Å². The van der Waals surface area contributed by atoms with Crippen molar-refractivity contribution in [3.63, 3.8) is 0 Å². The second kappa shape index (κ2) is 59.7. The third-order valence-corrected chi connectivity index (χ3v) is 17.5. The van der Waals surface area contributed by atoms with Gasteiger partial charge in [0, 0.05) is 25.7 Å². The van der Waals surface area contributed by atoms with E-state index in [2.05, 4.69) is 34.6 Å².